The van der Waals surface area contributed by atoms with Gasteiger partial charge in [0, 0.05) is 17.3 Å². The number of carbonyl (C=O) groups is 1. The first-order valence-corrected chi connectivity index (χ1v) is 6.02. The summed E-state index contributed by atoms with van der Waals surface area (Å²) in [5, 5.41) is 0.669. The lowest BCUT2D eigenvalue weighted by atomic mass is 10.0. The Balaban J connectivity index is 2.30. The van der Waals surface area contributed by atoms with E-state index in [1.54, 1.807) is 0 Å². The van der Waals surface area contributed by atoms with Crippen molar-refractivity contribution in [1.82, 2.24) is 0 Å². The quantitative estimate of drug-likeness (QED) is 0.867. The van der Waals surface area contributed by atoms with Gasteiger partial charge in [0.1, 0.15) is 5.60 Å². The third-order valence-corrected chi connectivity index (χ3v) is 3.92. The molecular formula is C11H11BrClNO2. The number of carbonyl (C=O) groups excluding carboxylic acids is 1. The van der Waals surface area contributed by atoms with Crippen molar-refractivity contribution in [3.05, 3.63) is 32.8 Å². The fourth-order valence-corrected chi connectivity index (χ4v) is 2.72. The van der Waals surface area contributed by atoms with E-state index in [9.17, 15) is 4.79 Å². The SMILES string of the molecule is CC1(OC(N)=O)Cc2cc(Cl)c(Br)cc2C1. The average molecular weight is 305 g/mol. The molecule has 0 heterocycles. The molecule has 16 heavy (non-hydrogen) atoms. The van der Waals surface area contributed by atoms with E-state index in [0.717, 1.165) is 15.6 Å². The predicted octanol–water partition coefficient (Wildman–Crippen LogP) is 3.06. The van der Waals surface area contributed by atoms with Gasteiger partial charge in [-0.2, -0.15) is 0 Å². The fourth-order valence-electron chi connectivity index (χ4n) is 2.14. The number of nitrogens with two attached hydrogens (primary N) is 1. The number of fused-ring (bicyclic) bond motifs is 1. The third-order valence-electron chi connectivity index (χ3n) is 2.72. The van der Waals surface area contributed by atoms with Crippen LogP contribution in [0.2, 0.25) is 5.02 Å². The van der Waals surface area contributed by atoms with Gasteiger partial charge in [-0.15, -0.1) is 0 Å². The van der Waals surface area contributed by atoms with E-state index in [-0.39, 0.29) is 0 Å². The summed E-state index contributed by atoms with van der Waals surface area (Å²) in [6.45, 7) is 1.87. The van der Waals surface area contributed by atoms with Gasteiger partial charge in [-0.25, -0.2) is 4.79 Å². The summed E-state index contributed by atoms with van der Waals surface area (Å²) >= 11 is 9.38. The fraction of sp³-hybridized carbons (Fsp3) is 0.364. The molecule has 0 aliphatic heterocycles. The van der Waals surface area contributed by atoms with Gasteiger partial charge in [0.25, 0.3) is 0 Å². The van der Waals surface area contributed by atoms with Gasteiger partial charge >= 0.3 is 6.09 Å². The first kappa shape index (κ1) is 11.7. The molecular weight excluding hydrogens is 293 g/mol. The zero-order valence-electron chi connectivity index (χ0n) is 8.72. The summed E-state index contributed by atoms with van der Waals surface area (Å²) in [7, 11) is 0. The van der Waals surface area contributed by atoms with Crippen LogP contribution in [-0.4, -0.2) is 11.7 Å². The molecule has 1 aromatic carbocycles. The van der Waals surface area contributed by atoms with Crippen molar-refractivity contribution in [3.8, 4) is 0 Å². The highest BCUT2D eigenvalue weighted by molar-refractivity contribution is 9.10. The van der Waals surface area contributed by atoms with Crippen LogP contribution in [0.4, 0.5) is 4.79 Å². The van der Waals surface area contributed by atoms with Crippen LogP contribution in [0.5, 0.6) is 0 Å². The molecule has 1 aliphatic carbocycles. The number of halogens is 2. The molecule has 1 amide bonds. The van der Waals surface area contributed by atoms with Gasteiger partial charge in [0.2, 0.25) is 0 Å². The number of benzene rings is 1. The number of primary amides is 1. The number of hydrogen-bond acceptors (Lipinski definition) is 2. The second kappa shape index (κ2) is 3.93. The van der Waals surface area contributed by atoms with Crippen molar-refractivity contribution in [2.45, 2.75) is 25.4 Å². The molecule has 1 unspecified atom stereocenters. The maximum Gasteiger partial charge on any atom is 0.405 e. The minimum atomic E-state index is -0.736. The van der Waals surface area contributed by atoms with E-state index in [1.165, 1.54) is 0 Å². The highest BCUT2D eigenvalue weighted by atomic mass is 79.9. The Morgan fingerprint density at radius 3 is 2.62 bits per heavy atom. The summed E-state index contributed by atoms with van der Waals surface area (Å²) in [6.07, 6.45) is 0.583. The van der Waals surface area contributed by atoms with Crippen molar-refractivity contribution in [2.24, 2.45) is 5.73 Å². The topological polar surface area (TPSA) is 52.3 Å². The summed E-state index contributed by atoms with van der Waals surface area (Å²) in [6, 6.07) is 3.86. The van der Waals surface area contributed by atoms with E-state index in [2.05, 4.69) is 15.9 Å². The Morgan fingerprint density at radius 2 is 2.06 bits per heavy atom. The van der Waals surface area contributed by atoms with Gasteiger partial charge in [0.05, 0.1) is 5.02 Å². The standard InChI is InChI=1S/C11H11BrClNO2/c1-11(16-10(14)15)4-6-2-8(12)9(13)3-7(6)5-11/h2-3H,4-5H2,1H3,(H2,14,15). The number of ether oxygens (including phenoxy) is 1. The van der Waals surface area contributed by atoms with Crippen molar-refractivity contribution < 1.29 is 9.53 Å². The molecule has 2 N–H and O–H groups in total. The zero-order valence-corrected chi connectivity index (χ0v) is 11.1. The zero-order chi connectivity index (χ0) is 11.9. The number of rotatable bonds is 1. The highest BCUT2D eigenvalue weighted by Crippen LogP contribution is 2.37. The van der Waals surface area contributed by atoms with Crippen molar-refractivity contribution in [1.29, 1.82) is 0 Å². The van der Waals surface area contributed by atoms with Gasteiger partial charge < -0.3 is 10.5 Å². The Kier molecular flexibility index (Phi) is 2.88. The predicted molar refractivity (Wildman–Crippen MR) is 65.6 cm³/mol. The molecule has 0 saturated heterocycles. The second-order valence-corrected chi connectivity index (χ2v) is 5.52. The van der Waals surface area contributed by atoms with E-state index in [4.69, 9.17) is 22.1 Å². The third kappa shape index (κ3) is 2.18. The van der Waals surface area contributed by atoms with Crippen molar-refractivity contribution in [2.75, 3.05) is 0 Å². The van der Waals surface area contributed by atoms with Crippen LogP contribution >= 0.6 is 27.5 Å². The first-order chi connectivity index (χ1) is 7.39. The van der Waals surface area contributed by atoms with E-state index in [0.29, 0.717) is 17.9 Å². The summed E-state index contributed by atoms with van der Waals surface area (Å²) in [5.41, 5.74) is 6.76. The maximum absolute atomic E-state index is 10.8. The molecule has 2 rings (SSSR count). The second-order valence-electron chi connectivity index (χ2n) is 4.26. The first-order valence-electron chi connectivity index (χ1n) is 4.85. The Bertz CT molecular complexity index is 431. The molecule has 86 valence electrons. The van der Waals surface area contributed by atoms with Gasteiger partial charge in [-0.3, -0.25) is 0 Å². The van der Waals surface area contributed by atoms with Crippen LogP contribution in [-0.2, 0) is 17.6 Å². The summed E-state index contributed by atoms with van der Waals surface area (Å²) in [5.74, 6) is 0. The molecule has 1 aromatic rings. The van der Waals surface area contributed by atoms with Crippen LogP contribution < -0.4 is 5.73 Å². The van der Waals surface area contributed by atoms with Crippen molar-refractivity contribution >= 4 is 33.6 Å². The molecule has 1 atom stereocenters. The van der Waals surface area contributed by atoms with Crippen LogP contribution in [0, 0.1) is 0 Å². The van der Waals surface area contributed by atoms with Crippen LogP contribution in [0.1, 0.15) is 18.1 Å². The molecule has 0 bridgehead atoms. The van der Waals surface area contributed by atoms with E-state index < -0.39 is 11.7 Å². The molecule has 5 heteroatoms. The molecule has 0 fully saturated rings. The molecule has 3 nitrogen and oxygen atoms in total. The van der Waals surface area contributed by atoms with E-state index in [1.807, 2.05) is 19.1 Å². The highest BCUT2D eigenvalue weighted by Gasteiger charge is 2.36. The Labute approximate surface area is 107 Å². The van der Waals surface area contributed by atoms with Crippen LogP contribution in [0.15, 0.2) is 16.6 Å². The number of hydrogen-bond donors (Lipinski definition) is 1. The minimum Gasteiger partial charge on any atom is -0.443 e. The van der Waals surface area contributed by atoms with Gasteiger partial charge in [0.15, 0.2) is 0 Å². The minimum absolute atomic E-state index is 0.543. The van der Waals surface area contributed by atoms with Crippen LogP contribution in [0.3, 0.4) is 0 Å². The van der Waals surface area contributed by atoms with Gasteiger partial charge in [-0.05, 0) is 46.1 Å². The normalized spacial score (nSPS) is 22.9. The number of amides is 1. The van der Waals surface area contributed by atoms with Gasteiger partial charge in [-0.1, -0.05) is 11.6 Å². The van der Waals surface area contributed by atoms with E-state index >= 15 is 0 Å². The lowest BCUT2D eigenvalue weighted by Gasteiger charge is -2.22. The molecule has 0 saturated carbocycles. The molecule has 0 radical (unpaired) electrons. The smallest absolute Gasteiger partial charge is 0.405 e. The lowest BCUT2D eigenvalue weighted by Crippen LogP contribution is -2.34. The maximum atomic E-state index is 10.8. The average Bonchev–Trinajstić information content (AvgIpc) is 2.40. The van der Waals surface area contributed by atoms with Crippen LogP contribution in [0.25, 0.3) is 0 Å². The Morgan fingerprint density at radius 1 is 1.50 bits per heavy atom. The summed E-state index contributed by atoms with van der Waals surface area (Å²) < 4.78 is 6.00. The Hall–Kier alpha value is -0.740. The lowest BCUT2D eigenvalue weighted by molar-refractivity contribution is 0.0395. The molecule has 0 spiro atoms. The van der Waals surface area contributed by atoms with Crippen molar-refractivity contribution in [3.63, 3.8) is 0 Å². The summed E-state index contributed by atoms with van der Waals surface area (Å²) in [4.78, 5) is 10.8. The molecule has 0 aromatic heterocycles. The molecule has 1 aliphatic rings. The largest absolute Gasteiger partial charge is 0.443 e. The monoisotopic (exact) mass is 303 g/mol.